The quantitative estimate of drug-likeness (QED) is 0.749. The van der Waals surface area contributed by atoms with Crippen LogP contribution >= 0.6 is 0 Å². The molecule has 2 atom stereocenters. The molecule has 3 rings (SSSR count). The van der Waals surface area contributed by atoms with Gasteiger partial charge >= 0.3 is 0 Å². The molecule has 2 aliphatic heterocycles. The van der Waals surface area contributed by atoms with E-state index in [1.165, 1.54) is 0 Å². The highest BCUT2D eigenvalue weighted by molar-refractivity contribution is 5.86. The summed E-state index contributed by atoms with van der Waals surface area (Å²) in [6, 6.07) is 5.94. The number of pyridine rings is 1. The summed E-state index contributed by atoms with van der Waals surface area (Å²) in [6.45, 7) is 4.98. The number of nitrogens with one attached hydrogen (secondary N) is 2. The van der Waals surface area contributed by atoms with Gasteiger partial charge in [0, 0.05) is 57.5 Å². The number of unbranched alkanes of at least 4 members (excludes halogenated alkanes) is 1. The molecule has 0 aromatic carbocycles. The standard InChI is InChI=1S/C18H26N4O2/c1-14(23)22-11-15-10-19-12-18(15,13-22)17(24)21-9-5-3-7-16-6-2-4-8-20-16/h2,4,6,8,15,19H,3,5,7,9-13H2,1H3,(H,21,24)/t15-,18-/m0/s1. The number of hydrogen-bond donors (Lipinski definition) is 2. The SMILES string of the molecule is CC(=O)N1C[C@@H]2CNC[C@]2(C(=O)NCCCCc2ccccn2)C1. The highest BCUT2D eigenvalue weighted by atomic mass is 16.2. The van der Waals surface area contributed by atoms with Crippen molar-refractivity contribution in [3.63, 3.8) is 0 Å². The van der Waals surface area contributed by atoms with Gasteiger partial charge in [-0.3, -0.25) is 14.6 Å². The van der Waals surface area contributed by atoms with E-state index in [1.54, 1.807) is 6.92 Å². The van der Waals surface area contributed by atoms with Crippen LogP contribution in [0.1, 0.15) is 25.5 Å². The summed E-state index contributed by atoms with van der Waals surface area (Å²) in [7, 11) is 0. The Balaban J connectivity index is 1.45. The van der Waals surface area contributed by atoms with Gasteiger partial charge in [-0.25, -0.2) is 0 Å². The molecule has 0 saturated carbocycles. The van der Waals surface area contributed by atoms with Crippen molar-refractivity contribution in [2.24, 2.45) is 11.3 Å². The van der Waals surface area contributed by atoms with Crippen LogP contribution in [-0.2, 0) is 16.0 Å². The average molecular weight is 330 g/mol. The minimum absolute atomic E-state index is 0.0620. The lowest BCUT2D eigenvalue weighted by Crippen LogP contribution is -2.47. The van der Waals surface area contributed by atoms with Crippen molar-refractivity contribution in [2.45, 2.75) is 26.2 Å². The van der Waals surface area contributed by atoms with E-state index in [2.05, 4.69) is 15.6 Å². The van der Waals surface area contributed by atoms with E-state index in [-0.39, 0.29) is 17.7 Å². The van der Waals surface area contributed by atoms with Crippen LogP contribution in [-0.4, -0.2) is 54.4 Å². The Morgan fingerprint density at radius 3 is 3.04 bits per heavy atom. The Morgan fingerprint density at radius 1 is 1.42 bits per heavy atom. The van der Waals surface area contributed by atoms with Gasteiger partial charge < -0.3 is 15.5 Å². The topological polar surface area (TPSA) is 74.3 Å². The number of nitrogens with zero attached hydrogens (tertiary/aromatic N) is 2. The van der Waals surface area contributed by atoms with Crippen LogP contribution < -0.4 is 10.6 Å². The molecule has 0 radical (unpaired) electrons. The maximum Gasteiger partial charge on any atom is 0.229 e. The largest absolute Gasteiger partial charge is 0.356 e. The molecule has 2 N–H and O–H groups in total. The van der Waals surface area contributed by atoms with Crippen molar-refractivity contribution >= 4 is 11.8 Å². The van der Waals surface area contributed by atoms with Crippen molar-refractivity contribution in [1.29, 1.82) is 0 Å². The van der Waals surface area contributed by atoms with Crippen LogP contribution in [0.15, 0.2) is 24.4 Å². The smallest absolute Gasteiger partial charge is 0.229 e. The Morgan fingerprint density at radius 2 is 2.29 bits per heavy atom. The van der Waals surface area contributed by atoms with E-state index in [0.29, 0.717) is 26.2 Å². The first-order valence-electron chi connectivity index (χ1n) is 8.76. The predicted octanol–water partition coefficient (Wildman–Crippen LogP) is 0.588. The molecular weight excluding hydrogens is 304 g/mol. The molecule has 0 unspecified atom stereocenters. The number of carbonyl (C=O) groups is 2. The lowest BCUT2D eigenvalue weighted by Gasteiger charge is -2.26. The molecule has 0 spiro atoms. The second-order valence-corrected chi connectivity index (χ2v) is 6.92. The van der Waals surface area contributed by atoms with Gasteiger partial charge in [-0.2, -0.15) is 0 Å². The number of hydrogen-bond acceptors (Lipinski definition) is 4. The lowest BCUT2D eigenvalue weighted by molar-refractivity contribution is -0.132. The highest BCUT2D eigenvalue weighted by Gasteiger charge is 2.55. The summed E-state index contributed by atoms with van der Waals surface area (Å²) in [5, 5.41) is 6.42. The second-order valence-electron chi connectivity index (χ2n) is 6.92. The molecule has 2 saturated heterocycles. The average Bonchev–Trinajstić information content (AvgIpc) is 3.13. The van der Waals surface area contributed by atoms with Crippen LogP contribution in [0.25, 0.3) is 0 Å². The van der Waals surface area contributed by atoms with Crippen molar-refractivity contribution in [1.82, 2.24) is 20.5 Å². The van der Waals surface area contributed by atoms with Crippen molar-refractivity contribution in [2.75, 3.05) is 32.7 Å². The van der Waals surface area contributed by atoms with E-state index >= 15 is 0 Å². The van der Waals surface area contributed by atoms with Crippen LogP contribution in [0.4, 0.5) is 0 Å². The first-order valence-corrected chi connectivity index (χ1v) is 8.76. The third-order valence-corrected chi connectivity index (χ3v) is 5.30. The molecule has 0 bridgehead atoms. The van der Waals surface area contributed by atoms with Gasteiger partial charge in [-0.15, -0.1) is 0 Å². The summed E-state index contributed by atoms with van der Waals surface area (Å²) in [5.74, 6) is 0.390. The Kier molecular flexibility index (Phi) is 5.14. The zero-order valence-electron chi connectivity index (χ0n) is 14.3. The molecule has 6 nitrogen and oxygen atoms in total. The van der Waals surface area contributed by atoms with E-state index in [4.69, 9.17) is 0 Å². The number of aromatic nitrogens is 1. The number of rotatable bonds is 6. The first-order chi connectivity index (χ1) is 11.6. The zero-order chi connectivity index (χ0) is 17.0. The molecule has 1 aromatic heterocycles. The lowest BCUT2D eigenvalue weighted by atomic mass is 9.80. The molecule has 2 amide bonds. The molecule has 6 heteroatoms. The van der Waals surface area contributed by atoms with Crippen molar-refractivity contribution in [3.8, 4) is 0 Å². The third kappa shape index (κ3) is 3.43. The highest BCUT2D eigenvalue weighted by Crippen LogP contribution is 2.39. The summed E-state index contributed by atoms with van der Waals surface area (Å²) in [6.07, 6.45) is 4.69. The van der Waals surface area contributed by atoms with Crippen molar-refractivity contribution in [3.05, 3.63) is 30.1 Å². The van der Waals surface area contributed by atoms with Gasteiger partial charge in [0.1, 0.15) is 0 Å². The molecular formula is C18H26N4O2. The van der Waals surface area contributed by atoms with Crippen LogP contribution in [0.2, 0.25) is 0 Å². The molecule has 3 heterocycles. The van der Waals surface area contributed by atoms with E-state index in [0.717, 1.165) is 31.5 Å². The fraction of sp³-hybridized carbons (Fsp3) is 0.611. The van der Waals surface area contributed by atoms with Gasteiger partial charge in [0.25, 0.3) is 0 Å². The van der Waals surface area contributed by atoms with Gasteiger partial charge in [-0.1, -0.05) is 6.07 Å². The first kappa shape index (κ1) is 16.9. The minimum Gasteiger partial charge on any atom is -0.356 e. The second kappa shape index (κ2) is 7.30. The van der Waals surface area contributed by atoms with Crippen molar-refractivity contribution < 1.29 is 9.59 Å². The normalized spacial score (nSPS) is 25.5. The Labute approximate surface area is 143 Å². The van der Waals surface area contributed by atoms with Gasteiger partial charge in [0.2, 0.25) is 11.8 Å². The fourth-order valence-corrected chi connectivity index (χ4v) is 3.84. The van der Waals surface area contributed by atoms with Gasteiger partial charge in [0.05, 0.1) is 5.41 Å². The number of likely N-dealkylation sites (tertiary alicyclic amines) is 1. The molecule has 2 aliphatic rings. The summed E-state index contributed by atoms with van der Waals surface area (Å²) >= 11 is 0. The maximum atomic E-state index is 12.7. The number of amides is 2. The van der Waals surface area contributed by atoms with Crippen LogP contribution in [0, 0.1) is 11.3 Å². The molecule has 0 aliphatic carbocycles. The zero-order valence-corrected chi connectivity index (χ0v) is 14.3. The molecule has 2 fully saturated rings. The molecule has 24 heavy (non-hydrogen) atoms. The number of carbonyl (C=O) groups excluding carboxylic acids is 2. The third-order valence-electron chi connectivity index (χ3n) is 5.30. The molecule has 1 aromatic rings. The number of fused-ring (bicyclic) bond motifs is 1. The fourth-order valence-electron chi connectivity index (χ4n) is 3.84. The predicted molar refractivity (Wildman–Crippen MR) is 91.2 cm³/mol. The molecule has 130 valence electrons. The Hall–Kier alpha value is -1.95. The minimum atomic E-state index is -0.438. The van der Waals surface area contributed by atoms with E-state index in [1.807, 2.05) is 29.3 Å². The van der Waals surface area contributed by atoms with E-state index in [9.17, 15) is 9.59 Å². The van der Waals surface area contributed by atoms with Gasteiger partial charge in [-0.05, 0) is 31.4 Å². The summed E-state index contributed by atoms with van der Waals surface area (Å²) in [4.78, 5) is 30.5. The van der Waals surface area contributed by atoms with Crippen LogP contribution in [0.5, 0.6) is 0 Å². The summed E-state index contributed by atoms with van der Waals surface area (Å²) in [5.41, 5.74) is 0.655. The van der Waals surface area contributed by atoms with Gasteiger partial charge in [0.15, 0.2) is 0 Å². The van der Waals surface area contributed by atoms with Crippen LogP contribution in [0.3, 0.4) is 0 Å². The number of aryl methyl sites for hydroxylation is 1. The Bertz CT molecular complexity index is 592. The van der Waals surface area contributed by atoms with E-state index < -0.39 is 5.41 Å². The maximum absolute atomic E-state index is 12.7. The summed E-state index contributed by atoms with van der Waals surface area (Å²) < 4.78 is 0. The monoisotopic (exact) mass is 330 g/mol.